The summed E-state index contributed by atoms with van der Waals surface area (Å²) in [6.07, 6.45) is 2.56. The van der Waals surface area contributed by atoms with Crippen molar-refractivity contribution in [1.82, 2.24) is 5.32 Å². The van der Waals surface area contributed by atoms with Gasteiger partial charge in [-0.1, -0.05) is 0 Å². The Morgan fingerprint density at radius 1 is 1.36 bits per heavy atom. The molecule has 4 nitrogen and oxygen atoms in total. The minimum absolute atomic E-state index is 0.105. The van der Waals surface area contributed by atoms with Gasteiger partial charge in [0.1, 0.15) is 0 Å². The first-order chi connectivity index (χ1) is 5.08. The minimum Gasteiger partial charge on any atom is -0.317 e. The molecule has 0 aliphatic carbocycles. The first kappa shape index (κ1) is 8.96. The number of rotatable bonds is 2. The Kier molecular flexibility index (Phi) is 2.86. The van der Waals surface area contributed by atoms with Crippen molar-refractivity contribution in [2.75, 3.05) is 19.3 Å². The van der Waals surface area contributed by atoms with Crippen LogP contribution in [0, 0.1) is 0 Å². The van der Waals surface area contributed by atoms with Gasteiger partial charge in [-0.25, -0.2) is 0 Å². The average Bonchev–Trinajstić information content (AvgIpc) is 1.85. The highest BCUT2D eigenvalue weighted by atomic mass is 32.2. The normalized spacial score (nSPS) is 21.9. The summed E-state index contributed by atoms with van der Waals surface area (Å²) in [7, 11) is -3.25. The molecule has 11 heavy (non-hydrogen) atoms. The molecule has 0 aromatic rings. The number of hydrogen-bond donors (Lipinski definition) is 1. The van der Waals surface area contributed by atoms with E-state index in [1.807, 2.05) is 0 Å². The lowest BCUT2D eigenvalue weighted by Gasteiger charge is -2.21. The molecule has 1 saturated heterocycles. The van der Waals surface area contributed by atoms with Gasteiger partial charge in [-0.15, -0.1) is 0 Å². The van der Waals surface area contributed by atoms with Gasteiger partial charge in [0.15, 0.2) is 0 Å². The summed E-state index contributed by atoms with van der Waals surface area (Å²) in [5.41, 5.74) is 0. The zero-order valence-corrected chi connectivity index (χ0v) is 7.36. The molecule has 1 fully saturated rings. The Balaban J connectivity index is 2.36. The van der Waals surface area contributed by atoms with Gasteiger partial charge in [0.2, 0.25) is 0 Å². The molecule has 1 aliphatic rings. The van der Waals surface area contributed by atoms with E-state index >= 15 is 0 Å². The molecular weight excluding hydrogens is 166 g/mol. The van der Waals surface area contributed by atoms with E-state index in [0.717, 1.165) is 32.2 Å². The maximum Gasteiger partial charge on any atom is 0.264 e. The third-order valence-electron chi connectivity index (χ3n) is 1.60. The van der Waals surface area contributed by atoms with Crippen LogP contribution in [0.3, 0.4) is 0 Å². The van der Waals surface area contributed by atoms with E-state index in [0.29, 0.717) is 0 Å². The van der Waals surface area contributed by atoms with Crippen molar-refractivity contribution >= 4 is 10.1 Å². The molecule has 0 aromatic carbocycles. The van der Waals surface area contributed by atoms with Crippen molar-refractivity contribution < 1.29 is 12.6 Å². The third-order valence-corrected chi connectivity index (χ3v) is 2.22. The molecule has 0 radical (unpaired) electrons. The second-order valence-electron chi connectivity index (χ2n) is 2.75. The lowest BCUT2D eigenvalue weighted by molar-refractivity contribution is 0.171. The van der Waals surface area contributed by atoms with Crippen molar-refractivity contribution in [2.45, 2.75) is 18.9 Å². The molecule has 1 heterocycles. The standard InChI is InChI=1S/C6H13NO3S/c1-11(8,9)10-6-2-4-7-5-3-6/h6-7H,2-5H2,1H3. The fourth-order valence-corrected chi connectivity index (χ4v) is 1.83. The van der Waals surface area contributed by atoms with E-state index < -0.39 is 10.1 Å². The molecule has 1 N–H and O–H groups in total. The fourth-order valence-electron chi connectivity index (χ4n) is 1.14. The van der Waals surface area contributed by atoms with Crippen molar-refractivity contribution in [3.63, 3.8) is 0 Å². The second-order valence-corrected chi connectivity index (χ2v) is 4.35. The average molecular weight is 179 g/mol. The highest BCUT2D eigenvalue weighted by Gasteiger charge is 2.17. The Morgan fingerprint density at radius 2 is 1.91 bits per heavy atom. The summed E-state index contributed by atoms with van der Waals surface area (Å²) >= 11 is 0. The smallest absolute Gasteiger partial charge is 0.264 e. The van der Waals surface area contributed by atoms with Gasteiger partial charge < -0.3 is 5.32 Å². The van der Waals surface area contributed by atoms with E-state index in [4.69, 9.17) is 4.18 Å². The van der Waals surface area contributed by atoms with Crippen molar-refractivity contribution in [2.24, 2.45) is 0 Å². The van der Waals surface area contributed by atoms with Crippen LogP contribution in [-0.4, -0.2) is 33.9 Å². The summed E-state index contributed by atoms with van der Waals surface area (Å²) in [5.74, 6) is 0. The zero-order chi connectivity index (χ0) is 8.32. The first-order valence-electron chi connectivity index (χ1n) is 3.67. The molecule has 1 rings (SSSR count). The molecule has 0 aromatic heterocycles. The summed E-state index contributed by atoms with van der Waals surface area (Å²) in [6.45, 7) is 1.69. The first-order valence-corrected chi connectivity index (χ1v) is 5.48. The van der Waals surface area contributed by atoms with Crippen LogP contribution < -0.4 is 5.32 Å². The number of piperidine rings is 1. The van der Waals surface area contributed by atoms with E-state index in [-0.39, 0.29) is 6.10 Å². The summed E-state index contributed by atoms with van der Waals surface area (Å²) < 4.78 is 26.1. The van der Waals surface area contributed by atoms with Gasteiger partial charge >= 0.3 is 0 Å². The van der Waals surface area contributed by atoms with Gasteiger partial charge in [-0.3, -0.25) is 4.18 Å². The van der Waals surface area contributed by atoms with E-state index in [9.17, 15) is 8.42 Å². The quantitative estimate of drug-likeness (QED) is 0.592. The molecule has 0 spiro atoms. The van der Waals surface area contributed by atoms with Crippen LogP contribution in [0.4, 0.5) is 0 Å². The van der Waals surface area contributed by atoms with Crippen LogP contribution in [-0.2, 0) is 14.3 Å². The lowest BCUT2D eigenvalue weighted by atomic mass is 10.1. The van der Waals surface area contributed by atoms with Gasteiger partial charge in [0.05, 0.1) is 12.4 Å². The van der Waals surface area contributed by atoms with Gasteiger partial charge in [-0.05, 0) is 25.9 Å². The largest absolute Gasteiger partial charge is 0.317 e. The Hall–Kier alpha value is -0.130. The molecule has 0 bridgehead atoms. The Labute approximate surface area is 67.1 Å². The Bertz CT molecular complexity index is 206. The van der Waals surface area contributed by atoms with Crippen LogP contribution in [0.2, 0.25) is 0 Å². The second kappa shape index (κ2) is 3.51. The molecule has 0 saturated carbocycles. The van der Waals surface area contributed by atoms with Crippen LogP contribution in [0.15, 0.2) is 0 Å². The van der Waals surface area contributed by atoms with Gasteiger partial charge in [0.25, 0.3) is 10.1 Å². The monoisotopic (exact) mass is 179 g/mol. The fraction of sp³-hybridized carbons (Fsp3) is 1.00. The SMILES string of the molecule is CS(=O)(=O)OC1CCNCC1. The molecule has 0 unspecified atom stereocenters. The van der Waals surface area contributed by atoms with Crippen LogP contribution in [0.25, 0.3) is 0 Å². The van der Waals surface area contributed by atoms with E-state index in [1.165, 1.54) is 0 Å². The maximum atomic E-state index is 10.7. The molecule has 0 atom stereocenters. The highest BCUT2D eigenvalue weighted by molar-refractivity contribution is 7.86. The topological polar surface area (TPSA) is 55.4 Å². The minimum atomic E-state index is -3.25. The van der Waals surface area contributed by atoms with Crippen molar-refractivity contribution in [3.8, 4) is 0 Å². The summed E-state index contributed by atoms with van der Waals surface area (Å²) in [4.78, 5) is 0. The molecule has 66 valence electrons. The van der Waals surface area contributed by atoms with Crippen molar-refractivity contribution in [1.29, 1.82) is 0 Å². The van der Waals surface area contributed by atoms with Gasteiger partial charge in [0, 0.05) is 0 Å². The third kappa shape index (κ3) is 3.69. The number of nitrogens with one attached hydrogen (secondary N) is 1. The van der Waals surface area contributed by atoms with Crippen LogP contribution in [0.5, 0.6) is 0 Å². The lowest BCUT2D eigenvalue weighted by Crippen LogP contribution is -2.33. The van der Waals surface area contributed by atoms with Gasteiger partial charge in [-0.2, -0.15) is 8.42 Å². The predicted molar refractivity (Wildman–Crippen MR) is 41.8 cm³/mol. The molecule has 0 amide bonds. The molecular formula is C6H13NO3S. The van der Waals surface area contributed by atoms with Crippen LogP contribution >= 0.6 is 0 Å². The molecule has 5 heteroatoms. The van der Waals surface area contributed by atoms with E-state index in [2.05, 4.69) is 5.32 Å². The Morgan fingerprint density at radius 3 is 2.36 bits per heavy atom. The van der Waals surface area contributed by atoms with Crippen LogP contribution in [0.1, 0.15) is 12.8 Å². The maximum absolute atomic E-state index is 10.7. The highest BCUT2D eigenvalue weighted by Crippen LogP contribution is 2.09. The predicted octanol–water partition coefficient (Wildman–Crippen LogP) is -0.285. The zero-order valence-electron chi connectivity index (χ0n) is 6.54. The summed E-state index contributed by atoms with van der Waals surface area (Å²) in [6, 6.07) is 0. The summed E-state index contributed by atoms with van der Waals surface area (Å²) in [5, 5.41) is 3.13. The van der Waals surface area contributed by atoms with E-state index in [1.54, 1.807) is 0 Å². The van der Waals surface area contributed by atoms with Crippen molar-refractivity contribution in [3.05, 3.63) is 0 Å². The molecule has 1 aliphatic heterocycles. The number of hydrogen-bond acceptors (Lipinski definition) is 4.